The van der Waals surface area contributed by atoms with E-state index in [-0.39, 0.29) is 6.09 Å². The van der Waals surface area contributed by atoms with E-state index in [0.717, 1.165) is 23.3 Å². The SMILES string of the molecule is CC(C)(C)OC(=O)N1CC=C(c2ccc(CCl)cn2)CC1. The van der Waals surface area contributed by atoms with E-state index in [0.29, 0.717) is 19.0 Å². The van der Waals surface area contributed by atoms with E-state index in [1.54, 1.807) is 11.1 Å². The standard InChI is InChI=1S/C16H21ClN2O2/c1-16(2,3)21-15(20)19-8-6-13(7-9-19)14-5-4-12(10-17)11-18-14/h4-6,11H,7-10H2,1-3H3. The highest BCUT2D eigenvalue weighted by molar-refractivity contribution is 6.17. The number of halogens is 1. The highest BCUT2D eigenvalue weighted by Crippen LogP contribution is 2.22. The molecule has 21 heavy (non-hydrogen) atoms. The first-order valence-corrected chi connectivity index (χ1v) is 7.61. The van der Waals surface area contributed by atoms with Crippen molar-refractivity contribution >= 4 is 23.3 Å². The lowest BCUT2D eigenvalue weighted by atomic mass is 10.0. The minimum Gasteiger partial charge on any atom is -0.444 e. The van der Waals surface area contributed by atoms with E-state index in [2.05, 4.69) is 4.98 Å². The fourth-order valence-electron chi connectivity index (χ4n) is 2.09. The maximum absolute atomic E-state index is 12.0. The lowest BCUT2D eigenvalue weighted by Gasteiger charge is -2.29. The van der Waals surface area contributed by atoms with Gasteiger partial charge in [-0.1, -0.05) is 12.1 Å². The average Bonchev–Trinajstić information content (AvgIpc) is 2.46. The smallest absolute Gasteiger partial charge is 0.410 e. The van der Waals surface area contributed by atoms with Crippen LogP contribution >= 0.6 is 11.6 Å². The van der Waals surface area contributed by atoms with Gasteiger partial charge in [0, 0.05) is 25.2 Å². The van der Waals surface area contributed by atoms with Gasteiger partial charge in [-0.3, -0.25) is 4.98 Å². The van der Waals surface area contributed by atoms with E-state index < -0.39 is 5.60 Å². The topological polar surface area (TPSA) is 42.4 Å². The van der Waals surface area contributed by atoms with Crippen LogP contribution in [0.3, 0.4) is 0 Å². The molecule has 1 aromatic rings. The third-order valence-corrected chi connectivity index (χ3v) is 3.48. The number of carbonyl (C=O) groups is 1. The number of rotatable bonds is 2. The molecular weight excluding hydrogens is 288 g/mol. The van der Waals surface area contributed by atoms with Crippen molar-refractivity contribution in [2.45, 2.75) is 38.7 Å². The van der Waals surface area contributed by atoms with Crippen LogP contribution in [0, 0.1) is 0 Å². The van der Waals surface area contributed by atoms with E-state index >= 15 is 0 Å². The molecule has 114 valence electrons. The summed E-state index contributed by atoms with van der Waals surface area (Å²) in [4.78, 5) is 18.1. The fourth-order valence-corrected chi connectivity index (χ4v) is 2.25. The van der Waals surface area contributed by atoms with Gasteiger partial charge in [0.25, 0.3) is 0 Å². The molecule has 0 fully saturated rings. The molecule has 1 aliphatic rings. The van der Waals surface area contributed by atoms with Crippen molar-refractivity contribution in [3.63, 3.8) is 0 Å². The van der Waals surface area contributed by atoms with Crippen molar-refractivity contribution < 1.29 is 9.53 Å². The van der Waals surface area contributed by atoms with Crippen molar-refractivity contribution in [3.05, 3.63) is 35.7 Å². The number of nitrogens with zero attached hydrogens (tertiary/aromatic N) is 2. The maximum atomic E-state index is 12.0. The van der Waals surface area contributed by atoms with Crippen LogP contribution in [0.25, 0.3) is 5.57 Å². The van der Waals surface area contributed by atoms with Gasteiger partial charge in [-0.2, -0.15) is 0 Å². The molecular formula is C16H21ClN2O2. The Hall–Kier alpha value is -1.55. The van der Waals surface area contributed by atoms with Gasteiger partial charge in [0.2, 0.25) is 0 Å². The largest absolute Gasteiger partial charge is 0.444 e. The first-order valence-electron chi connectivity index (χ1n) is 7.07. The number of pyridine rings is 1. The van der Waals surface area contributed by atoms with Crippen LogP contribution in [-0.2, 0) is 10.6 Å². The highest BCUT2D eigenvalue weighted by Gasteiger charge is 2.23. The van der Waals surface area contributed by atoms with Gasteiger partial charge in [-0.15, -0.1) is 11.6 Å². The lowest BCUT2D eigenvalue weighted by molar-refractivity contribution is 0.0270. The molecule has 0 aliphatic carbocycles. The van der Waals surface area contributed by atoms with Gasteiger partial charge in [0.15, 0.2) is 0 Å². The van der Waals surface area contributed by atoms with E-state index in [9.17, 15) is 4.79 Å². The Morgan fingerprint density at radius 3 is 2.67 bits per heavy atom. The Bertz CT molecular complexity index is 532. The van der Waals surface area contributed by atoms with Crippen molar-refractivity contribution in [1.29, 1.82) is 0 Å². The van der Waals surface area contributed by atoms with Crippen molar-refractivity contribution in [3.8, 4) is 0 Å². The molecule has 0 atom stereocenters. The number of ether oxygens (including phenoxy) is 1. The molecule has 0 saturated carbocycles. The lowest BCUT2D eigenvalue weighted by Crippen LogP contribution is -2.39. The zero-order valence-corrected chi connectivity index (χ0v) is 13.5. The summed E-state index contributed by atoms with van der Waals surface area (Å²) >= 11 is 5.76. The summed E-state index contributed by atoms with van der Waals surface area (Å²) in [6.07, 6.45) is 4.36. The highest BCUT2D eigenvalue weighted by atomic mass is 35.5. The predicted molar refractivity (Wildman–Crippen MR) is 84.2 cm³/mol. The summed E-state index contributed by atoms with van der Waals surface area (Å²) in [7, 11) is 0. The summed E-state index contributed by atoms with van der Waals surface area (Å²) in [5, 5.41) is 0. The number of amides is 1. The molecule has 2 rings (SSSR count). The monoisotopic (exact) mass is 308 g/mol. The Balaban J connectivity index is 1.99. The van der Waals surface area contributed by atoms with Crippen molar-refractivity contribution in [1.82, 2.24) is 9.88 Å². The van der Waals surface area contributed by atoms with Crippen LogP contribution < -0.4 is 0 Å². The maximum Gasteiger partial charge on any atom is 0.410 e. The fraction of sp³-hybridized carbons (Fsp3) is 0.500. The van der Waals surface area contributed by atoms with Gasteiger partial charge in [-0.25, -0.2) is 4.79 Å². The molecule has 0 radical (unpaired) electrons. The summed E-state index contributed by atoms with van der Waals surface area (Å²) < 4.78 is 5.38. The molecule has 1 aliphatic heterocycles. The minimum absolute atomic E-state index is 0.261. The molecule has 0 N–H and O–H groups in total. The van der Waals surface area contributed by atoms with E-state index in [4.69, 9.17) is 16.3 Å². The Morgan fingerprint density at radius 1 is 1.43 bits per heavy atom. The zero-order valence-electron chi connectivity index (χ0n) is 12.7. The van der Waals surface area contributed by atoms with Gasteiger partial charge in [0.1, 0.15) is 5.60 Å². The van der Waals surface area contributed by atoms with Crippen LogP contribution in [0.5, 0.6) is 0 Å². The second-order valence-electron chi connectivity index (χ2n) is 6.09. The second-order valence-corrected chi connectivity index (χ2v) is 6.36. The summed E-state index contributed by atoms with van der Waals surface area (Å²) in [6.45, 7) is 6.83. The Kier molecular flexibility index (Phi) is 4.88. The van der Waals surface area contributed by atoms with Crippen LogP contribution in [0.2, 0.25) is 0 Å². The summed E-state index contributed by atoms with van der Waals surface area (Å²) in [5.41, 5.74) is 2.66. The molecule has 2 heterocycles. The second kappa shape index (κ2) is 6.48. The van der Waals surface area contributed by atoms with Gasteiger partial charge in [0.05, 0.1) is 5.69 Å². The number of carbonyl (C=O) groups excluding carboxylic acids is 1. The van der Waals surface area contributed by atoms with Crippen molar-refractivity contribution in [2.24, 2.45) is 0 Å². The Labute approximate surface area is 130 Å². The van der Waals surface area contributed by atoms with Gasteiger partial charge < -0.3 is 9.64 Å². The van der Waals surface area contributed by atoms with Crippen LogP contribution in [-0.4, -0.2) is 34.7 Å². The predicted octanol–water partition coefficient (Wildman–Crippen LogP) is 3.84. The third-order valence-electron chi connectivity index (χ3n) is 3.17. The van der Waals surface area contributed by atoms with Crippen LogP contribution in [0.4, 0.5) is 4.79 Å². The van der Waals surface area contributed by atoms with Gasteiger partial charge in [-0.05, 0) is 44.4 Å². The van der Waals surface area contributed by atoms with E-state index in [1.807, 2.05) is 39.0 Å². The molecule has 4 nitrogen and oxygen atoms in total. The molecule has 0 bridgehead atoms. The number of hydrogen-bond acceptors (Lipinski definition) is 3. The Morgan fingerprint density at radius 2 is 2.19 bits per heavy atom. The first-order chi connectivity index (χ1) is 9.89. The number of aromatic nitrogens is 1. The quantitative estimate of drug-likeness (QED) is 0.779. The first kappa shape index (κ1) is 15.8. The minimum atomic E-state index is -0.458. The number of alkyl halides is 1. The molecule has 5 heteroatoms. The average molecular weight is 309 g/mol. The molecule has 1 aromatic heterocycles. The molecule has 0 spiro atoms. The van der Waals surface area contributed by atoms with Crippen LogP contribution in [0.15, 0.2) is 24.4 Å². The normalized spacial score (nSPS) is 15.6. The molecule has 0 saturated heterocycles. The summed E-state index contributed by atoms with van der Waals surface area (Å²) in [6, 6.07) is 3.96. The number of hydrogen-bond donors (Lipinski definition) is 0. The molecule has 0 unspecified atom stereocenters. The zero-order chi connectivity index (χ0) is 15.5. The summed E-state index contributed by atoms with van der Waals surface area (Å²) in [5.74, 6) is 0.471. The van der Waals surface area contributed by atoms with Crippen LogP contribution in [0.1, 0.15) is 38.4 Å². The third kappa shape index (κ3) is 4.46. The molecule has 0 aromatic carbocycles. The van der Waals surface area contributed by atoms with E-state index in [1.165, 1.54) is 0 Å². The molecule has 1 amide bonds. The van der Waals surface area contributed by atoms with Crippen molar-refractivity contribution in [2.75, 3.05) is 13.1 Å². The van der Waals surface area contributed by atoms with Gasteiger partial charge >= 0.3 is 6.09 Å².